The van der Waals surface area contributed by atoms with E-state index in [4.69, 9.17) is 9.97 Å². The molecule has 34 heavy (non-hydrogen) atoms. The highest BCUT2D eigenvalue weighted by molar-refractivity contribution is 8.02. The zero-order chi connectivity index (χ0) is 23.6. The standard InChI is InChI=1S/C26H24N4O2S2/c31-23(27-15-19-9-3-1-4-10-19)17-33-25-26(30-22-14-8-7-13-21(22)29-25)34-18-24(32)28-16-20-11-5-2-6-12-20/h1-14H,15-18H2,(H,27,31)(H,28,32). The van der Waals surface area contributed by atoms with E-state index in [1.54, 1.807) is 0 Å². The topological polar surface area (TPSA) is 84.0 Å². The summed E-state index contributed by atoms with van der Waals surface area (Å²) in [5.41, 5.74) is 3.60. The predicted octanol–water partition coefficient (Wildman–Crippen LogP) is 4.45. The van der Waals surface area contributed by atoms with Crippen LogP contribution in [0.4, 0.5) is 0 Å². The van der Waals surface area contributed by atoms with Crippen LogP contribution in [0.15, 0.2) is 95.0 Å². The average Bonchev–Trinajstić information content (AvgIpc) is 2.89. The molecule has 0 bridgehead atoms. The van der Waals surface area contributed by atoms with Gasteiger partial charge in [-0.05, 0) is 23.3 Å². The maximum absolute atomic E-state index is 12.4. The van der Waals surface area contributed by atoms with Crippen molar-refractivity contribution >= 4 is 46.4 Å². The minimum absolute atomic E-state index is 0.0830. The van der Waals surface area contributed by atoms with Gasteiger partial charge >= 0.3 is 0 Å². The Balaban J connectivity index is 1.37. The van der Waals surface area contributed by atoms with E-state index in [1.807, 2.05) is 84.9 Å². The number of nitrogens with zero attached hydrogens (tertiary/aromatic N) is 2. The van der Waals surface area contributed by atoms with E-state index < -0.39 is 0 Å². The molecule has 2 amide bonds. The maximum atomic E-state index is 12.4. The molecule has 0 aliphatic heterocycles. The highest BCUT2D eigenvalue weighted by atomic mass is 32.2. The van der Waals surface area contributed by atoms with Crippen molar-refractivity contribution in [2.75, 3.05) is 11.5 Å². The second-order valence-corrected chi connectivity index (χ2v) is 9.35. The highest BCUT2D eigenvalue weighted by Gasteiger charge is 2.14. The molecule has 1 heterocycles. The number of hydrogen-bond donors (Lipinski definition) is 2. The Morgan fingerprint density at radius 1 is 0.588 bits per heavy atom. The molecule has 0 aliphatic carbocycles. The lowest BCUT2D eigenvalue weighted by Crippen LogP contribution is -2.25. The molecule has 6 nitrogen and oxygen atoms in total. The summed E-state index contributed by atoms with van der Waals surface area (Å²) in [6.07, 6.45) is 0. The lowest BCUT2D eigenvalue weighted by atomic mass is 10.2. The number of thioether (sulfide) groups is 2. The van der Waals surface area contributed by atoms with Crippen LogP contribution in [0.3, 0.4) is 0 Å². The van der Waals surface area contributed by atoms with E-state index in [9.17, 15) is 9.59 Å². The summed E-state index contributed by atoms with van der Waals surface area (Å²) in [5, 5.41) is 7.15. The fourth-order valence-electron chi connectivity index (χ4n) is 3.12. The van der Waals surface area contributed by atoms with Crippen molar-refractivity contribution in [3.8, 4) is 0 Å². The van der Waals surface area contributed by atoms with Gasteiger partial charge < -0.3 is 10.6 Å². The molecule has 172 valence electrons. The van der Waals surface area contributed by atoms with E-state index in [1.165, 1.54) is 23.5 Å². The molecule has 8 heteroatoms. The molecular formula is C26H24N4O2S2. The van der Waals surface area contributed by atoms with E-state index in [2.05, 4.69) is 10.6 Å². The summed E-state index contributed by atoms with van der Waals surface area (Å²) in [4.78, 5) is 34.2. The summed E-state index contributed by atoms with van der Waals surface area (Å²) in [6.45, 7) is 0.958. The van der Waals surface area contributed by atoms with Crippen molar-refractivity contribution in [1.29, 1.82) is 0 Å². The Kier molecular flexibility index (Phi) is 8.54. The first-order chi connectivity index (χ1) is 16.7. The van der Waals surface area contributed by atoms with Crippen molar-refractivity contribution in [2.24, 2.45) is 0 Å². The zero-order valence-electron chi connectivity index (χ0n) is 18.4. The molecule has 0 saturated heterocycles. The second-order valence-electron chi connectivity index (χ2n) is 7.42. The molecule has 0 fully saturated rings. The Bertz CT molecular complexity index is 1160. The minimum atomic E-state index is -0.0830. The monoisotopic (exact) mass is 488 g/mol. The van der Waals surface area contributed by atoms with Crippen molar-refractivity contribution in [3.05, 3.63) is 96.1 Å². The molecule has 0 spiro atoms. The number of carbonyl (C=O) groups is 2. The smallest absolute Gasteiger partial charge is 0.230 e. The van der Waals surface area contributed by atoms with Crippen LogP contribution in [-0.4, -0.2) is 33.3 Å². The van der Waals surface area contributed by atoms with Gasteiger partial charge in [-0.2, -0.15) is 0 Å². The van der Waals surface area contributed by atoms with Crippen molar-refractivity contribution in [1.82, 2.24) is 20.6 Å². The highest BCUT2D eigenvalue weighted by Crippen LogP contribution is 2.29. The molecule has 0 saturated carbocycles. The number of para-hydroxylation sites is 2. The molecule has 0 atom stereocenters. The van der Waals surface area contributed by atoms with E-state index >= 15 is 0 Å². The number of nitrogens with one attached hydrogen (secondary N) is 2. The van der Waals surface area contributed by atoms with Crippen molar-refractivity contribution in [3.63, 3.8) is 0 Å². The average molecular weight is 489 g/mol. The van der Waals surface area contributed by atoms with Crippen LogP contribution in [0.1, 0.15) is 11.1 Å². The number of aromatic nitrogens is 2. The van der Waals surface area contributed by atoms with Gasteiger partial charge in [0.15, 0.2) is 0 Å². The van der Waals surface area contributed by atoms with Gasteiger partial charge in [0.25, 0.3) is 0 Å². The molecule has 0 unspecified atom stereocenters. The molecule has 0 aliphatic rings. The van der Waals surface area contributed by atoms with Crippen LogP contribution in [0.5, 0.6) is 0 Å². The first kappa shape index (κ1) is 23.8. The van der Waals surface area contributed by atoms with Crippen LogP contribution in [0.2, 0.25) is 0 Å². The summed E-state index contributed by atoms with van der Waals surface area (Å²) >= 11 is 2.66. The third kappa shape index (κ3) is 7.07. The zero-order valence-corrected chi connectivity index (χ0v) is 20.1. The minimum Gasteiger partial charge on any atom is -0.351 e. The number of rotatable bonds is 10. The largest absolute Gasteiger partial charge is 0.351 e. The molecule has 0 radical (unpaired) electrons. The molecule has 4 rings (SSSR count). The van der Waals surface area contributed by atoms with E-state index in [-0.39, 0.29) is 23.3 Å². The summed E-state index contributed by atoms with van der Waals surface area (Å²) < 4.78 is 0. The first-order valence-electron chi connectivity index (χ1n) is 10.8. The van der Waals surface area contributed by atoms with Crippen LogP contribution >= 0.6 is 23.5 Å². The number of benzene rings is 3. The third-order valence-electron chi connectivity index (χ3n) is 4.85. The third-order valence-corrected chi connectivity index (χ3v) is 6.91. The number of carbonyl (C=O) groups excluding carboxylic acids is 2. The fraction of sp³-hybridized carbons (Fsp3) is 0.154. The number of amides is 2. The number of fused-ring (bicyclic) bond motifs is 1. The lowest BCUT2D eigenvalue weighted by Gasteiger charge is -2.10. The predicted molar refractivity (Wildman–Crippen MR) is 138 cm³/mol. The normalized spacial score (nSPS) is 10.7. The number of hydrogen-bond acceptors (Lipinski definition) is 6. The molecule has 2 N–H and O–H groups in total. The van der Waals surface area contributed by atoms with Gasteiger partial charge in [0, 0.05) is 13.1 Å². The fourth-order valence-corrected chi connectivity index (χ4v) is 4.88. The molecular weight excluding hydrogens is 464 g/mol. The molecule has 3 aromatic carbocycles. The SMILES string of the molecule is O=C(CSc1nc2ccccc2nc1SCC(=O)NCc1ccccc1)NCc1ccccc1. The van der Waals surface area contributed by atoms with Gasteiger partial charge in [-0.15, -0.1) is 0 Å². The van der Waals surface area contributed by atoms with Crippen LogP contribution in [0, 0.1) is 0 Å². The van der Waals surface area contributed by atoms with Crippen LogP contribution in [0.25, 0.3) is 11.0 Å². The van der Waals surface area contributed by atoms with E-state index in [0.29, 0.717) is 23.1 Å². The van der Waals surface area contributed by atoms with Crippen LogP contribution in [-0.2, 0) is 22.7 Å². The lowest BCUT2D eigenvalue weighted by molar-refractivity contribution is -0.119. The van der Waals surface area contributed by atoms with Gasteiger partial charge in [-0.1, -0.05) is 96.3 Å². The van der Waals surface area contributed by atoms with Crippen LogP contribution < -0.4 is 10.6 Å². The van der Waals surface area contributed by atoms with E-state index in [0.717, 1.165) is 22.2 Å². The first-order valence-corrected chi connectivity index (χ1v) is 12.8. The Labute approximate surface area is 207 Å². The summed E-state index contributed by atoms with van der Waals surface area (Å²) in [5.74, 6) is 0.266. The maximum Gasteiger partial charge on any atom is 0.230 e. The quantitative estimate of drug-likeness (QED) is 0.321. The van der Waals surface area contributed by atoms with Crippen molar-refractivity contribution < 1.29 is 9.59 Å². The Morgan fingerprint density at radius 2 is 0.971 bits per heavy atom. The molecule has 4 aromatic rings. The molecule has 1 aromatic heterocycles. The van der Waals surface area contributed by atoms with Gasteiger partial charge in [0.1, 0.15) is 10.1 Å². The van der Waals surface area contributed by atoms with Crippen molar-refractivity contribution in [2.45, 2.75) is 23.1 Å². The van der Waals surface area contributed by atoms with Gasteiger partial charge in [-0.25, -0.2) is 9.97 Å². The summed E-state index contributed by atoms with van der Waals surface area (Å²) in [6, 6.07) is 27.2. The van der Waals surface area contributed by atoms with Gasteiger partial charge in [0.2, 0.25) is 11.8 Å². The van der Waals surface area contributed by atoms with Gasteiger partial charge in [-0.3, -0.25) is 9.59 Å². The van der Waals surface area contributed by atoms with Gasteiger partial charge in [0.05, 0.1) is 22.5 Å². The Morgan fingerprint density at radius 3 is 1.38 bits per heavy atom. The second kappa shape index (κ2) is 12.2. The Hall–Kier alpha value is -3.36. The summed E-state index contributed by atoms with van der Waals surface area (Å²) in [7, 11) is 0.